The number of nitrogens with one attached hydrogen (secondary N) is 2. The highest BCUT2D eigenvalue weighted by Gasteiger charge is 2.22. The van der Waals surface area contributed by atoms with E-state index in [1.54, 1.807) is 13.0 Å². The molecule has 9 heteroatoms. The van der Waals surface area contributed by atoms with E-state index in [0.29, 0.717) is 46.6 Å². The van der Waals surface area contributed by atoms with Crippen LogP contribution in [0.15, 0.2) is 22.8 Å². The molecule has 0 radical (unpaired) electrons. The molecular weight excluding hydrogens is 426 g/mol. The van der Waals surface area contributed by atoms with Crippen LogP contribution in [0.2, 0.25) is 5.02 Å². The van der Waals surface area contributed by atoms with Gasteiger partial charge in [-0.3, -0.25) is 9.59 Å². The van der Waals surface area contributed by atoms with Crippen LogP contribution in [0.25, 0.3) is 0 Å². The summed E-state index contributed by atoms with van der Waals surface area (Å²) in [5, 5.41) is 5.98. The van der Waals surface area contributed by atoms with Crippen molar-refractivity contribution in [1.82, 2.24) is 10.2 Å². The monoisotopic (exact) mass is 453 g/mol. The van der Waals surface area contributed by atoms with Gasteiger partial charge in [0.05, 0.1) is 30.0 Å². The topological polar surface area (TPSA) is 79.9 Å². The molecule has 1 aromatic rings. The third-order valence-electron chi connectivity index (χ3n) is 5.09. The van der Waals surface area contributed by atoms with E-state index < -0.39 is 0 Å². The predicted molar refractivity (Wildman–Crippen MR) is 120 cm³/mol. The van der Waals surface area contributed by atoms with Gasteiger partial charge in [0.25, 0.3) is 11.8 Å². The minimum atomic E-state index is -0.291. The number of rotatable bonds is 8. The zero-order valence-electron chi connectivity index (χ0n) is 17.4. The molecule has 0 atom stereocenters. The molecule has 0 aromatic heterocycles. The summed E-state index contributed by atoms with van der Waals surface area (Å²) in [6.07, 6.45) is 3.41. The van der Waals surface area contributed by atoms with Crippen molar-refractivity contribution in [3.8, 4) is 5.75 Å². The zero-order chi connectivity index (χ0) is 21.5. The lowest BCUT2D eigenvalue weighted by molar-refractivity contribution is -0.112. The maximum absolute atomic E-state index is 12.6. The van der Waals surface area contributed by atoms with Gasteiger partial charge in [-0.05, 0) is 51.9 Å². The van der Waals surface area contributed by atoms with Crippen LogP contribution in [0.1, 0.15) is 36.5 Å². The average Bonchev–Trinajstić information content (AvgIpc) is 3.26. The maximum atomic E-state index is 12.6. The Morgan fingerprint density at radius 1 is 1.27 bits per heavy atom. The minimum absolute atomic E-state index is 0.247. The fraction of sp³-hybridized carbons (Fsp3) is 0.524. The summed E-state index contributed by atoms with van der Waals surface area (Å²) >= 11 is 7.80. The Hall–Kier alpha value is -1.90. The van der Waals surface area contributed by atoms with Gasteiger partial charge in [0.2, 0.25) is 0 Å². The first kappa shape index (κ1) is 22.8. The number of anilines is 1. The lowest BCUT2D eigenvalue weighted by Gasteiger charge is -2.19. The standard InChI is InChI=1S/C21H28ClN3O4S/c1-14-19(30-11-10-29-14)21(27)24-17-13-18(28-2)15(12-16(17)22)20(26)23-6-5-9-25-7-3-4-8-25/h12-13H,3-11H2,1-2H3,(H,23,26)(H,24,27). The smallest absolute Gasteiger partial charge is 0.265 e. The molecule has 2 aliphatic heterocycles. The van der Waals surface area contributed by atoms with Crippen LogP contribution >= 0.6 is 23.4 Å². The predicted octanol–water partition coefficient (Wildman–Crippen LogP) is 3.50. The van der Waals surface area contributed by atoms with Crippen molar-refractivity contribution >= 4 is 40.9 Å². The van der Waals surface area contributed by atoms with Crippen molar-refractivity contribution in [3.05, 3.63) is 33.4 Å². The molecule has 0 unspecified atom stereocenters. The number of nitrogens with zero attached hydrogens (tertiary/aromatic N) is 1. The van der Waals surface area contributed by atoms with Crippen LogP contribution in [-0.2, 0) is 9.53 Å². The Bertz CT molecular complexity index is 825. The summed E-state index contributed by atoms with van der Waals surface area (Å²) in [6.45, 7) is 6.21. The Kier molecular flexibility index (Phi) is 8.30. The molecule has 0 saturated carbocycles. The van der Waals surface area contributed by atoms with E-state index in [2.05, 4.69) is 15.5 Å². The van der Waals surface area contributed by atoms with Crippen molar-refractivity contribution in [2.45, 2.75) is 26.2 Å². The van der Waals surface area contributed by atoms with Gasteiger partial charge >= 0.3 is 0 Å². The van der Waals surface area contributed by atoms with Crippen LogP contribution in [0, 0.1) is 0 Å². The lowest BCUT2D eigenvalue weighted by atomic mass is 10.1. The van der Waals surface area contributed by atoms with Crippen LogP contribution in [0.3, 0.4) is 0 Å². The molecule has 2 N–H and O–H groups in total. The van der Waals surface area contributed by atoms with Crippen LogP contribution < -0.4 is 15.4 Å². The Labute approximate surface area is 186 Å². The number of carbonyl (C=O) groups excluding carboxylic acids is 2. The second-order valence-corrected chi connectivity index (χ2v) is 8.74. The van der Waals surface area contributed by atoms with Crippen molar-refractivity contribution in [3.63, 3.8) is 0 Å². The van der Waals surface area contributed by atoms with E-state index in [1.165, 1.54) is 37.8 Å². The summed E-state index contributed by atoms with van der Waals surface area (Å²) in [5.74, 6) is 1.12. The molecule has 2 amide bonds. The molecular formula is C21H28ClN3O4S. The first-order valence-electron chi connectivity index (χ1n) is 10.2. The molecule has 30 heavy (non-hydrogen) atoms. The van der Waals surface area contributed by atoms with Gasteiger partial charge in [0.15, 0.2) is 0 Å². The van der Waals surface area contributed by atoms with Gasteiger partial charge in [0, 0.05) is 18.4 Å². The van der Waals surface area contributed by atoms with Gasteiger partial charge in [0.1, 0.15) is 16.4 Å². The van der Waals surface area contributed by atoms with E-state index in [1.807, 2.05) is 0 Å². The lowest BCUT2D eigenvalue weighted by Crippen LogP contribution is -2.29. The first-order valence-corrected chi connectivity index (χ1v) is 11.5. The SMILES string of the molecule is COc1cc(NC(=O)C2=C(C)OCCS2)c(Cl)cc1C(=O)NCCCN1CCCC1. The van der Waals surface area contributed by atoms with Gasteiger partial charge in [-0.15, -0.1) is 11.8 Å². The minimum Gasteiger partial charge on any atom is -0.496 e. The molecule has 2 aliphatic rings. The third-order valence-corrected chi connectivity index (χ3v) is 6.54. The molecule has 0 aliphatic carbocycles. The highest BCUT2D eigenvalue weighted by molar-refractivity contribution is 8.04. The second kappa shape index (κ2) is 10.9. The summed E-state index contributed by atoms with van der Waals surface area (Å²) in [4.78, 5) is 28.1. The molecule has 2 heterocycles. The second-order valence-electron chi connectivity index (χ2n) is 7.23. The van der Waals surface area contributed by atoms with E-state index >= 15 is 0 Å². The Morgan fingerprint density at radius 2 is 2.03 bits per heavy atom. The molecule has 1 fully saturated rings. The van der Waals surface area contributed by atoms with Crippen molar-refractivity contribution in [2.75, 3.05) is 51.0 Å². The summed E-state index contributed by atoms with van der Waals surface area (Å²) in [7, 11) is 1.48. The van der Waals surface area contributed by atoms with Crippen molar-refractivity contribution in [1.29, 1.82) is 0 Å². The molecule has 1 saturated heterocycles. The molecule has 0 bridgehead atoms. The average molecular weight is 454 g/mol. The quantitative estimate of drug-likeness (QED) is 0.586. The Morgan fingerprint density at radius 3 is 2.73 bits per heavy atom. The molecule has 1 aromatic carbocycles. The van der Waals surface area contributed by atoms with Crippen LogP contribution in [-0.4, -0.2) is 62.4 Å². The van der Waals surface area contributed by atoms with Crippen LogP contribution in [0.4, 0.5) is 5.69 Å². The number of likely N-dealkylation sites (tertiary alicyclic amines) is 1. The zero-order valence-corrected chi connectivity index (χ0v) is 19.0. The summed E-state index contributed by atoms with van der Waals surface area (Å²) < 4.78 is 10.8. The highest BCUT2D eigenvalue weighted by atomic mass is 35.5. The fourth-order valence-corrected chi connectivity index (χ4v) is 4.54. The number of allylic oxidation sites excluding steroid dienone is 1. The number of ether oxygens (including phenoxy) is 2. The number of methoxy groups -OCH3 is 1. The highest BCUT2D eigenvalue weighted by Crippen LogP contribution is 2.33. The number of carbonyl (C=O) groups is 2. The number of hydrogen-bond acceptors (Lipinski definition) is 6. The number of amides is 2. The number of thioether (sulfide) groups is 1. The van der Waals surface area contributed by atoms with Crippen molar-refractivity contribution in [2.24, 2.45) is 0 Å². The first-order chi connectivity index (χ1) is 14.5. The van der Waals surface area contributed by atoms with Gasteiger partial charge in [-0.1, -0.05) is 11.6 Å². The van der Waals surface area contributed by atoms with E-state index in [9.17, 15) is 9.59 Å². The van der Waals surface area contributed by atoms with E-state index in [0.717, 1.165) is 26.1 Å². The molecule has 0 spiro atoms. The van der Waals surface area contributed by atoms with Crippen molar-refractivity contribution < 1.29 is 19.1 Å². The van der Waals surface area contributed by atoms with Crippen LogP contribution in [0.5, 0.6) is 5.75 Å². The Balaban J connectivity index is 1.62. The van der Waals surface area contributed by atoms with Gasteiger partial charge < -0.3 is 25.0 Å². The largest absolute Gasteiger partial charge is 0.496 e. The molecule has 7 nitrogen and oxygen atoms in total. The van der Waals surface area contributed by atoms with Gasteiger partial charge in [-0.25, -0.2) is 0 Å². The molecule has 3 rings (SSSR count). The number of halogens is 1. The number of hydrogen-bond donors (Lipinski definition) is 2. The van der Waals surface area contributed by atoms with E-state index in [-0.39, 0.29) is 16.8 Å². The fourth-order valence-electron chi connectivity index (χ4n) is 3.51. The molecule has 164 valence electrons. The third kappa shape index (κ3) is 5.83. The van der Waals surface area contributed by atoms with E-state index in [4.69, 9.17) is 21.1 Å². The van der Waals surface area contributed by atoms with Gasteiger partial charge in [-0.2, -0.15) is 0 Å². The summed E-state index contributed by atoms with van der Waals surface area (Å²) in [5.41, 5.74) is 0.725. The summed E-state index contributed by atoms with van der Waals surface area (Å²) in [6, 6.07) is 3.10. The maximum Gasteiger partial charge on any atom is 0.265 e. The number of benzene rings is 1. The normalized spacial score (nSPS) is 16.9.